The Kier molecular flexibility index (Phi) is 1.89. The summed E-state index contributed by atoms with van der Waals surface area (Å²) in [7, 11) is 0. The van der Waals surface area contributed by atoms with Crippen LogP contribution < -0.4 is 11.2 Å². The van der Waals surface area contributed by atoms with E-state index in [4.69, 9.17) is 5.73 Å². The summed E-state index contributed by atoms with van der Waals surface area (Å²) in [6, 6.07) is 1.01. The van der Waals surface area contributed by atoms with Crippen molar-refractivity contribution in [3.8, 4) is 0 Å². The lowest BCUT2D eigenvalue weighted by Gasteiger charge is -2.00. The van der Waals surface area contributed by atoms with Crippen LogP contribution in [0.25, 0.3) is 0 Å². The molecular formula is C6H6F2N2O. The second-order valence-corrected chi connectivity index (χ2v) is 1.97. The number of hydrogen-bond donors (Lipinski definition) is 2. The standard InChI is InChI=1S/C6H6F2N2O/c7-5(8)4-3(11)1-2-10-6(4)9/h1-2,5H,(H3,9,10,11). The highest BCUT2D eigenvalue weighted by molar-refractivity contribution is 5.39. The van der Waals surface area contributed by atoms with Crippen molar-refractivity contribution in [1.29, 1.82) is 0 Å². The molecule has 1 heterocycles. The molecule has 0 fully saturated rings. The molecule has 5 heteroatoms. The molecule has 11 heavy (non-hydrogen) atoms. The molecule has 0 saturated heterocycles. The Bertz CT molecular complexity index is 308. The van der Waals surface area contributed by atoms with Gasteiger partial charge in [0.15, 0.2) is 5.43 Å². The van der Waals surface area contributed by atoms with Gasteiger partial charge in [-0.15, -0.1) is 0 Å². The number of hydrogen-bond acceptors (Lipinski definition) is 2. The minimum atomic E-state index is -2.82. The van der Waals surface area contributed by atoms with Gasteiger partial charge in [0, 0.05) is 12.3 Å². The second kappa shape index (κ2) is 2.69. The lowest BCUT2D eigenvalue weighted by molar-refractivity contribution is 0.150. The van der Waals surface area contributed by atoms with Crippen molar-refractivity contribution in [2.75, 3.05) is 5.73 Å². The number of aromatic amines is 1. The van der Waals surface area contributed by atoms with Crippen molar-refractivity contribution in [3.05, 3.63) is 28.0 Å². The monoisotopic (exact) mass is 160 g/mol. The van der Waals surface area contributed by atoms with E-state index in [0.29, 0.717) is 0 Å². The van der Waals surface area contributed by atoms with Gasteiger partial charge in [-0.25, -0.2) is 8.78 Å². The van der Waals surface area contributed by atoms with Gasteiger partial charge in [0.1, 0.15) is 11.4 Å². The summed E-state index contributed by atoms with van der Waals surface area (Å²) in [5, 5.41) is 0. The first-order valence-corrected chi connectivity index (χ1v) is 2.88. The normalized spacial score (nSPS) is 10.5. The molecular weight excluding hydrogens is 154 g/mol. The molecule has 0 aliphatic heterocycles. The highest BCUT2D eigenvalue weighted by Crippen LogP contribution is 2.18. The summed E-state index contributed by atoms with van der Waals surface area (Å²) >= 11 is 0. The van der Waals surface area contributed by atoms with Gasteiger partial charge in [0.05, 0.1) is 0 Å². The Morgan fingerprint density at radius 2 is 2.18 bits per heavy atom. The number of anilines is 1. The third-order valence-electron chi connectivity index (χ3n) is 1.25. The summed E-state index contributed by atoms with van der Waals surface area (Å²) < 4.78 is 24.0. The average Bonchev–Trinajstić information content (AvgIpc) is 1.85. The van der Waals surface area contributed by atoms with Crippen LogP contribution >= 0.6 is 0 Å². The Labute approximate surface area is 60.8 Å². The van der Waals surface area contributed by atoms with Gasteiger partial charge < -0.3 is 10.7 Å². The van der Waals surface area contributed by atoms with Crippen LogP contribution in [0.3, 0.4) is 0 Å². The minimum Gasteiger partial charge on any atom is -0.385 e. The van der Waals surface area contributed by atoms with Crippen molar-refractivity contribution in [3.63, 3.8) is 0 Å². The van der Waals surface area contributed by atoms with E-state index in [2.05, 4.69) is 4.98 Å². The Balaban J connectivity index is 3.33. The molecule has 0 radical (unpaired) electrons. The summed E-state index contributed by atoms with van der Waals surface area (Å²) in [6.07, 6.45) is -1.59. The highest BCUT2D eigenvalue weighted by atomic mass is 19.3. The number of nitrogens with two attached hydrogens (primary N) is 1. The van der Waals surface area contributed by atoms with E-state index < -0.39 is 17.4 Å². The molecule has 1 rings (SSSR count). The number of aromatic nitrogens is 1. The number of H-pyrrole nitrogens is 1. The molecule has 0 saturated carbocycles. The molecule has 0 aliphatic rings. The molecule has 0 unspecified atom stereocenters. The molecule has 0 amide bonds. The van der Waals surface area contributed by atoms with Crippen LogP contribution in [-0.2, 0) is 0 Å². The SMILES string of the molecule is Nc1[nH]ccc(=O)c1C(F)F. The molecule has 60 valence electrons. The van der Waals surface area contributed by atoms with Crippen molar-refractivity contribution in [1.82, 2.24) is 4.98 Å². The van der Waals surface area contributed by atoms with E-state index in [9.17, 15) is 13.6 Å². The van der Waals surface area contributed by atoms with E-state index in [1.165, 1.54) is 6.20 Å². The van der Waals surface area contributed by atoms with E-state index in [0.717, 1.165) is 6.07 Å². The van der Waals surface area contributed by atoms with Crippen molar-refractivity contribution >= 4 is 5.82 Å². The third-order valence-corrected chi connectivity index (χ3v) is 1.25. The zero-order chi connectivity index (χ0) is 8.43. The van der Waals surface area contributed by atoms with Gasteiger partial charge in [0.25, 0.3) is 6.43 Å². The maximum atomic E-state index is 12.0. The fourth-order valence-corrected chi connectivity index (χ4v) is 0.732. The van der Waals surface area contributed by atoms with Crippen LogP contribution in [0.1, 0.15) is 12.0 Å². The lowest BCUT2D eigenvalue weighted by Crippen LogP contribution is -2.12. The average molecular weight is 160 g/mol. The van der Waals surface area contributed by atoms with Crippen LogP contribution in [0, 0.1) is 0 Å². The molecule has 0 atom stereocenters. The van der Waals surface area contributed by atoms with E-state index in [1.54, 1.807) is 0 Å². The number of halogens is 2. The van der Waals surface area contributed by atoms with Crippen molar-refractivity contribution in [2.24, 2.45) is 0 Å². The predicted molar refractivity (Wildman–Crippen MR) is 36.4 cm³/mol. The van der Waals surface area contributed by atoms with E-state index in [1.807, 2.05) is 0 Å². The quantitative estimate of drug-likeness (QED) is 0.641. The van der Waals surface area contributed by atoms with Gasteiger partial charge in [-0.1, -0.05) is 0 Å². The number of alkyl halides is 2. The number of pyridine rings is 1. The smallest absolute Gasteiger partial charge is 0.271 e. The number of rotatable bonds is 1. The Morgan fingerprint density at radius 1 is 1.55 bits per heavy atom. The molecule has 3 N–H and O–H groups in total. The summed E-state index contributed by atoms with van der Waals surface area (Å²) in [5.41, 5.74) is 3.69. The molecule has 0 aliphatic carbocycles. The fraction of sp³-hybridized carbons (Fsp3) is 0.167. The largest absolute Gasteiger partial charge is 0.385 e. The zero-order valence-corrected chi connectivity index (χ0v) is 5.47. The first kappa shape index (κ1) is 7.71. The van der Waals surface area contributed by atoms with Crippen LogP contribution in [0.2, 0.25) is 0 Å². The number of nitrogens with one attached hydrogen (secondary N) is 1. The van der Waals surface area contributed by atoms with Gasteiger partial charge in [0.2, 0.25) is 0 Å². The second-order valence-electron chi connectivity index (χ2n) is 1.97. The van der Waals surface area contributed by atoms with Gasteiger partial charge in [-0.3, -0.25) is 4.79 Å². The van der Waals surface area contributed by atoms with Gasteiger partial charge in [-0.2, -0.15) is 0 Å². The topological polar surface area (TPSA) is 58.9 Å². The predicted octanol–water partition coefficient (Wildman–Crippen LogP) is 0.895. The maximum absolute atomic E-state index is 12.0. The molecule has 0 aromatic carbocycles. The summed E-state index contributed by atoms with van der Waals surface area (Å²) in [6.45, 7) is 0. The molecule has 0 bridgehead atoms. The Morgan fingerprint density at radius 3 is 2.55 bits per heavy atom. The van der Waals surface area contributed by atoms with Crippen LogP contribution in [0.5, 0.6) is 0 Å². The van der Waals surface area contributed by atoms with E-state index in [-0.39, 0.29) is 5.82 Å². The van der Waals surface area contributed by atoms with E-state index >= 15 is 0 Å². The van der Waals surface area contributed by atoms with Crippen molar-refractivity contribution < 1.29 is 8.78 Å². The third kappa shape index (κ3) is 1.36. The fourth-order valence-electron chi connectivity index (χ4n) is 0.732. The minimum absolute atomic E-state index is 0.271. The van der Waals surface area contributed by atoms with Crippen molar-refractivity contribution in [2.45, 2.75) is 6.43 Å². The number of nitrogen functional groups attached to an aromatic ring is 1. The maximum Gasteiger partial charge on any atom is 0.271 e. The first-order valence-electron chi connectivity index (χ1n) is 2.88. The van der Waals surface area contributed by atoms with Crippen LogP contribution in [-0.4, -0.2) is 4.98 Å². The van der Waals surface area contributed by atoms with Crippen LogP contribution in [0.15, 0.2) is 17.1 Å². The van der Waals surface area contributed by atoms with Crippen LogP contribution in [0.4, 0.5) is 14.6 Å². The Hall–Kier alpha value is -1.39. The zero-order valence-electron chi connectivity index (χ0n) is 5.47. The summed E-state index contributed by atoms with van der Waals surface area (Å²) in [5.74, 6) is -0.271. The molecule has 3 nitrogen and oxygen atoms in total. The molecule has 1 aromatic heterocycles. The lowest BCUT2D eigenvalue weighted by atomic mass is 10.2. The van der Waals surface area contributed by atoms with Gasteiger partial charge in [-0.05, 0) is 0 Å². The summed E-state index contributed by atoms with van der Waals surface area (Å²) in [4.78, 5) is 13.0. The molecule has 1 aromatic rings. The van der Waals surface area contributed by atoms with Gasteiger partial charge >= 0.3 is 0 Å². The highest BCUT2D eigenvalue weighted by Gasteiger charge is 2.14. The first-order chi connectivity index (χ1) is 5.13. The molecule has 0 spiro atoms.